The SMILES string of the molecule is Cc1ccc(NC(=O)Cc2csc(Nc3ccc(OC(F)(F)F)cc3)n2)cc1Cl. The van der Waals surface area contributed by atoms with Crippen molar-refractivity contribution in [2.75, 3.05) is 10.6 Å². The molecule has 1 aromatic heterocycles. The van der Waals surface area contributed by atoms with Crippen LogP contribution in [0.1, 0.15) is 11.3 Å². The molecule has 0 radical (unpaired) electrons. The molecule has 2 N–H and O–H groups in total. The summed E-state index contributed by atoms with van der Waals surface area (Å²) in [7, 11) is 0. The van der Waals surface area contributed by atoms with Gasteiger partial charge in [-0.3, -0.25) is 4.79 Å². The number of carbonyl (C=O) groups is 1. The van der Waals surface area contributed by atoms with Crippen LogP contribution in [0.15, 0.2) is 47.8 Å². The van der Waals surface area contributed by atoms with E-state index >= 15 is 0 Å². The number of carbonyl (C=O) groups excluding carboxylic acids is 1. The van der Waals surface area contributed by atoms with Crippen molar-refractivity contribution in [3.05, 3.63) is 64.1 Å². The molecule has 10 heteroatoms. The molecule has 0 saturated carbocycles. The van der Waals surface area contributed by atoms with Crippen molar-refractivity contribution in [1.82, 2.24) is 4.98 Å². The molecule has 0 fully saturated rings. The molecule has 0 spiro atoms. The predicted molar refractivity (Wildman–Crippen MR) is 107 cm³/mol. The summed E-state index contributed by atoms with van der Waals surface area (Å²) in [5.74, 6) is -0.550. The monoisotopic (exact) mass is 441 g/mol. The maximum atomic E-state index is 12.2. The van der Waals surface area contributed by atoms with Gasteiger partial charge in [-0.15, -0.1) is 24.5 Å². The zero-order chi connectivity index (χ0) is 21.0. The van der Waals surface area contributed by atoms with E-state index in [0.717, 1.165) is 5.56 Å². The van der Waals surface area contributed by atoms with Gasteiger partial charge in [-0.25, -0.2) is 4.98 Å². The molecule has 29 heavy (non-hydrogen) atoms. The molecule has 0 bridgehead atoms. The largest absolute Gasteiger partial charge is 0.573 e. The second-order valence-electron chi connectivity index (χ2n) is 6.03. The number of ether oxygens (including phenoxy) is 1. The lowest BCUT2D eigenvalue weighted by Gasteiger charge is -2.09. The number of thiazole rings is 1. The number of nitrogens with zero attached hydrogens (tertiary/aromatic N) is 1. The maximum Gasteiger partial charge on any atom is 0.573 e. The Morgan fingerprint density at radius 2 is 1.86 bits per heavy atom. The van der Waals surface area contributed by atoms with Gasteiger partial charge in [0.15, 0.2) is 5.13 Å². The third-order valence-corrected chi connectivity index (χ3v) is 4.90. The minimum atomic E-state index is -4.73. The van der Waals surface area contributed by atoms with Gasteiger partial charge in [0, 0.05) is 21.8 Å². The normalized spacial score (nSPS) is 11.2. The molecular weight excluding hydrogens is 427 g/mol. The van der Waals surface area contributed by atoms with Crippen LogP contribution in [0.3, 0.4) is 0 Å². The van der Waals surface area contributed by atoms with Crippen LogP contribution in [0.25, 0.3) is 0 Å². The van der Waals surface area contributed by atoms with E-state index in [-0.39, 0.29) is 18.1 Å². The van der Waals surface area contributed by atoms with Crippen LogP contribution in [0.2, 0.25) is 5.02 Å². The molecule has 152 valence electrons. The first kappa shape index (κ1) is 20.9. The van der Waals surface area contributed by atoms with Crippen LogP contribution < -0.4 is 15.4 Å². The number of alkyl halides is 3. The Balaban J connectivity index is 1.56. The van der Waals surface area contributed by atoms with Crippen LogP contribution in [0.4, 0.5) is 29.7 Å². The van der Waals surface area contributed by atoms with E-state index < -0.39 is 6.36 Å². The standard InChI is InChI=1S/C19H15ClF3N3O2S/c1-11-2-3-13(8-16(11)20)24-17(27)9-14-10-29-18(26-14)25-12-4-6-15(7-5-12)28-19(21,22)23/h2-8,10H,9H2,1H3,(H,24,27)(H,25,26). The first-order valence-electron chi connectivity index (χ1n) is 8.31. The number of anilines is 3. The Labute approximate surface area is 173 Å². The van der Waals surface area contributed by atoms with Crippen LogP contribution >= 0.6 is 22.9 Å². The van der Waals surface area contributed by atoms with E-state index in [4.69, 9.17) is 11.6 Å². The van der Waals surface area contributed by atoms with E-state index in [1.54, 1.807) is 17.5 Å². The molecule has 0 unspecified atom stereocenters. The second kappa shape index (κ2) is 8.71. The summed E-state index contributed by atoms with van der Waals surface area (Å²) >= 11 is 7.32. The average Bonchev–Trinajstić information content (AvgIpc) is 3.05. The molecule has 2 aromatic carbocycles. The Kier molecular flexibility index (Phi) is 6.29. The van der Waals surface area contributed by atoms with Crippen LogP contribution in [0, 0.1) is 6.92 Å². The van der Waals surface area contributed by atoms with Crippen LogP contribution in [-0.4, -0.2) is 17.3 Å². The van der Waals surface area contributed by atoms with Gasteiger partial charge in [-0.1, -0.05) is 17.7 Å². The van der Waals surface area contributed by atoms with Crippen molar-refractivity contribution in [3.8, 4) is 5.75 Å². The molecule has 1 amide bonds. The van der Waals surface area contributed by atoms with Gasteiger partial charge < -0.3 is 15.4 Å². The summed E-state index contributed by atoms with van der Waals surface area (Å²) in [5, 5.41) is 8.53. The molecule has 0 atom stereocenters. The summed E-state index contributed by atoms with van der Waals surface area (Å²) in [6.45, 7) is 1.87. The van der Waals surface area contributed by atoms with Crippen molar-refractivity contribution in [1.29, 1.82) is 0 Å². The highest BCUT2D eigenvalue weighted by atomic mass is 35.5. The van der Waals surface area contributed by atoms with Gasteiger partial charge in [-0.2, -0.15) is 0 Å². The van der Waals surface area contributed by atoms with Gasteiger partial charge in [0.05, 0.1) is 12.1 Å². The van der Waals surface area contributed by atoms with Gasteiger partial charge in [0.1, 0.15) is 5.75 Å². The number of aryl methyl sites for hydroxylation is 1. The van der Waals surface area contributed by atoms with Crippen molar-refractivity contribution in [3.63, 3.8) is 0 Å². The van der Waals surface area contributed by atoms with Crippen LogP contribution in [-0.2, 0) is 11.2 Å². The second-order valence-corrected chi connectivity index (χ2v) is 7.30. The van der Waals surface area contributed by atoms with Crippen LogP contribution in [0.5, 0.6) is 5.75 Å². The first-order valence-corrected chi connectivity index (χ1v) is 9.57. The molecule has 0 aliphatic heterocycles. The molecular formula is C19H15ClF3N3O2S. The summed E-state index contributed by atoms with van der Waals surface area (Å²) in [6, 6.07) is 10.5. The average molecular weight is 442 g/mol. The van der Waals surface area contributed by atoms with Gasteiger partial charge >= 0.3 is 6.36 Å². The lowest BCUT2D eigenvalue weighted by Crippen LogP contribution is -2.16. The van der Waals surface area contributed by atoms with Gasteiger partial charge in [0.25, 0.3) is 0 Å². The summed E-state index contributed by atoms with van der Waals surface area (Å²) in [5.41, 5.74) is 2.61. The molecule has 0 aliphatic carbocycles. The zero-order valence-corrected chi connectivity index (χ0v) is 16.6. The van der Waals surface area contributed by atoms with Crippen molar-refractivity contribution >= 4 is 45.4 Å². The lowest BCUT2D eigenvalue weighted by atomic mass is 10.2. The Bertz CT molecular complexity index is 1010. The quantitative estimate of drug-likeness (QED) is 0.497. The molecule has 1 heterocycles. The van der Waals surface area contributed by atoms with E-state index in [0.29, 0.717) is 27.2 Å². The Morgan fingerprint density at radius 1 is 1.17 bits per heavy atom. The predicted octanol–water partition coefficient (Wildman–Crippen LogP) is 5.93. The first-order chi connectivity index (χ1) is 13.7. The smallest absolute Gasteiger partial charge is 0.406 e. The van der Waals surface area contributed by atoms with E-state index in [1.165, 1.54) is 35.6 Å². The number of halogens is 4. The minimum absolute atomic E-state index is 0.0715. The summed E-state index contributed by atoms with van der Waals surface area (Å²) in [4.78, 5) is 16.5. The maximum absolute atomic E-state index is 12.2. The van der Waals surface area contributed by atoms with E-state index in [1.807, 2.05) is 13.0 Å². The summed E-state index contributed by atoms with van der Waals surface area (Å²) < 4.78 is 40.4. The van der Waals surface area contributed by atoms with E-state index in [2.05, 4.69) is 20.4 Å². The number of benzene rings is 2. The molecule has 5 nitrogen and oxygen atoms in total. The van der Waals surface area contributed by atoms with Crippen molar-refractivity contribution < 1.29 is 22.7 Å². The molecule has 3 aromatic rings. The number of rotatable bonds is 6. The fourth-order valence-corrected chi connectivity index (χ4v) is 3.26. The van der Waals surface area contributed by atoms with Crippen molar-refractivity contribution in [2.45, 2.75) is 19.7 Å². The fourth-order valence-electron chi connectivity index (χ4n) is 2.35. The fraction of sp³-hybridized carbons (Fsp3) is 0.158. The number of amides is 1. The number of hydrogen-bond acceptors (Lipinski definition) is 5. The molecule has 0 aliphatic rings. The zero-order valence-electron chi connectivity index (χ0n) is 15.0. The minimum Gasteiger partial charge on any atom is -0.406 e. The number of aromatic nitrogens is 1. The lowest BCUT2D eigenvalue weighted by molar-refractivity contribution is -0.274. The summed E-state index contributed by atoms with van der Waals surface area (Å²) in [6.07, 6.45) is -4.66. The highest BCUT2D eigenvalue weighted by Crippen LogP contribution is 2.26. The van der Waals surface area contributed by atoms with Gasteiger partial charge in [-0.05, 0) is 48.9 Å². The topological polar surface area (TPSA) is 63.2 Å². The number of nitrogens with one attached hydrogen (secondary N) is 2. The third-order valence-electron chi connectivity index (χ3n) is 3.69. The van der Waals surface area contributed by atoms with Crippen molar-refractivity contribution in [2.24, 2.45) is 0 Å². The highest BCUT2D eigenvalue weighted by molar-refractivity contribution is 7.13. The van der Waals surface area contributed by atoms with E-state index in [9.17, 15) is 18.0 Å². The third kappa shape index (κ3) is 6.37. The Hall–Kier alpha value is -2.78. The molecule has 3 rings (SSSR count). The molecule has 0 saturated heterocycles. The number of hydrogen-bond donors (Lipinski definition) is 2. The highest BCUT2D eigenvalue weighted by Gasteiger charge is 2.30. The Morgan fingerprint density at radius 3 is 2.52 bits per heavy atom. The van der Waals surface area contributed by atoms with Gasteiger partial charge in [0.2, 0.25) is 5.91 Å².